The van der Waals surface area contributed by atoms with Gasteiger partial charge in [-0.3, -0.25) is 9.59 Å². The number of fused-ring (bicyclic) bond motifs is 1. The quantitative estimate of drug-likeness (QED) is 0.284. The molecule has 0 radical (unpaired) electrons. The number of nitrogens with one attached hydrogen (secondary N) is 3. The van der Waals surface area contributed by atoms with Crippen LogP contribution in [0, 0.1) is 6.92 Å². The molecule has 0 saturated carbocycles. The number of hydrogen-bond donors (Lipinski definition) is 3. The smallest absolute Gasteiger partial charge is 0.354 e. The van der Waals surface area contributed by atoms with Crippen LogP contribution in [-0.4, -0.2) is 50.1 Å². The van der Waals surface area contributed by atoms with Crippen LogP contribution < -0.4 is 21.0 Å². The first kappa shape index (κ1) is 26.9. The molecule has 1 amide bonds. The Morgan fingerprint density at radius 2 is 1.62 bits per heavy atom. The van der Waals surface area contributed by atoms with Crippen molar-refractivity contribution in [3.8, 4) is 0 Å². The van der Waals surface area contributed by atoms with Gasteiger partial charge in [-0.25, -0.2) is 19.4 Å². The van der Waals surface area contributed by atoms with Crippen molar-refractivity contribution < 1.29 is 32.3 Å². The Morgan fingerprint density at radius 1 is 0.973 bits per heavy atom. The van der Waals surface area contributed by atoms with E-state index in [0.29, 0.717) is 5.69 Å². The number of benzene rings is 2. The first-order chi connectivity index (χ1) is 17.4. The number of esters is 2. The molecule has 0 aliphatic carbocycles. The minimum atomic E-state index is -4.21. The molecule has 2 aromatic carbocycles. The van der Waals surface area contributed by atoms with Crippen LogP contribution in [0.15, 0.2) is 63.9 Å². The van der Waals surface area contributed by atoms with Gasteiger partial charge in [0.05, 0.1) is 36.1 Å². The summed E-state index contributed by atoms with van der Waals surface area (Å²) in [6.07, 6.45) is 0.882. The number of nitrogens with zero attached hydrogens (tertiary/aromatic N) is 2. The number of carbonyl (C=O) groups is 3. The van der Waals surface area contributed by atoms with Gasteiger partial charge in [-0.15, -0.1) is 0 Å². The summed E-state index contributed by atoms with van der Waals surface area (Å²) < 4.78 is 35.8. The van der Waals surface area contributed by atoms with Crippen LogP contribution in [0.3, 0.4) is 0 Å². The molecule has 3 rings (SSSR count). The number of rotatable bonds is 8. The van der Waals surface area contributed by atoms with Crippen LogP contribution in [-0.2, 0) is 33.9 Å². The molecule has 3 aromatic rings. The molecule has 0 saturated heterocycles. The van der Waals surface area contributed by atoms with E-state index in [1.165, 1.54) is 56.3 Å². The minimum absolute atomic E-state index is 0.0154. The Bertz CT molecular complexity index is 1580. The first-order valence-electron chi connectivity index (χ1n) is 10.5. The van der Waals surface area contributed by atoms with Gasteiger partial charge in [0.25, 0.3) is 15.6 Å². The second-order valence-electron chi connectivity index (χ2n) is 7.53. The van der Waals surface area contributed by atoms with E-state index in [-0.39, 0.29) is 38.9 Å². The van der Waals surface area contributed by atoms with Crippen molar-refractivity contribution in [3.05, 3.63) is 70.4 Å². The van der Waals surface area contributed by atoms with Crippen molar-refractivity contribution in [2.24, 2.45) is 0 Å². The summed E-state index contributed by atoms with van der Waals surface area (Å²) >= 11 is 0. The minimum Gasteiger partial charge on any atom is -0.466 e. The predicted octanol–water partition coefficient (Wildman–Crippen LogP) is 1.24. The lowest BCUT2D eigenvalue weighted by molar-refractivity contribution is -0.138. The number of hydrogen-bond acceptors (Lipinski definition) is 10. The average molecular weight is 530 g/mol. The van der Waals surface area contributed by atoms with Crippen molar-refractivity contribution in [1.82, 2.24) is 9.66 Å². The fraction of sp³-hybridized carbons (Fsp3) is 0.174. The number of carbonyl (C=O) groups excluding carboxylic acids is 3. The molecule has 37 heavy (non-hydrogen) atoms. The van der Waals surface area contributed by atoms with Crippen LogP contribution in [0.25, 0.3) is 10.9 Å². The lowest BCUT2D eigenvalue weighted by Gasteiger charge is -2.15. The summed E-state index contributed by atoms with van der Waals surface area (Å²) in [6, 6.07) is 9.68. The van der Waals surface area contributed by atoms with E-state index in [2.05, 4.69) is 29.9 Å². The van der Waals surface area contributed by atoms with Gasteiger partial charge in [0.1, 0.15) is 11.5 Å². The van der Waals surface area contributed by atoms with Crippen molar-refractivity contribution in [2.45, 2.75) is 18.7 Å². The fourth-order valence-corrected chi connectivity index (χ4v) is 4.22. The van der Waals surface area contributed by atoms with E-state index in [4.69, 9.17) is 0 Å². The molecule has 0 aliphatic heterocycles. The maximum Gasteiger partial charge on any atom is 0.354 e. The monoisotopic (exact) mass is 529 g/mol. The highest BCUT2D eigenvalue weighted by Crippen LogP contribution is 2.19. The second-order valence-corrected chi connectivity index (χ2v) is 9.19. The molecular formula is C23H23N5O8S. The molecule has 194 valence electrons. The maximum atomic E-state index is 13.2. The predicted molar refractivity (Wildman–Crippen MR) is 134 cm³/mol. The molecule has 14 heteroatoms. The van der Waals surface area contributed by atoms with Crippen molar-refractivity contribution >= 4 is 50.1 Å². The average Bonchev–Trinajstić information content (AvgIpc) is 2.86. The summed E-state index contributed by atoms with van der Waals surface area (Å²) in [5, 5.41) is 5.23. The molecular weight excluding hydrogens is 506 g/mol. The lowest BCUT2D eigenvalue weighted by atomic mass is 10.2. The van der Waals surface area contributed by atoms with Crippen molar-refractivity contribution in [1.29, 1.82) is 0 Å². The number of sulfonamides is 1. The Labute approximate surface area is 211 Å². The van der Waals surface area contributed by atoms with Crippen molar-refractivity contribution in [2.75, 3.05) is 29.7 Å². The van der Waals surface area contributed by atoms with E-state index in [9.17, 15) is 27.6 Å². The number of ether oxygens (including phenoxy) is 2. The van der Waals surface area contributed by atoms with E-state index in [1.807, 2.05) is 0 Å². The number of aromatic nitrogens is 2. The highest BCUT2D eigenvalue weighted by molar-refractivity contribution is 7.92. The molecule has 0 unspecified atom stereocenters. The second kappa shape index (κ2) is 10.9. The zero-order chi connectivity index (χ0) is 27.3. The summed E-state index contributed by atoms with van der Waals surface area (Å²) in [6.45, 7) is 2.77. The third kappa shape index (κ3) is 6.29. The molecule has 1 heterocycles. The van der Waals surface area contributed by atoms with Gasteiger partial charge in [-0.1, -0.05) is 0 Å². The largest absolute Gasteiger partial charge is 0.466 e. The van der Waals surface area contributed by atoms with Gasteiger partial charge >= 0.3 is 11.9 Å². The molecule has 0 atom stereocenters. The number of amides is 1. The topological polar surface area (TPSA) is 175 Å². The molecule has 13 nitrogen and oxygen atoms in total. The molecule has 0 spiro atoms. The van der Waals surface area contributed by atoms with E-state index < -0.39 is 27.5 Å². The van der Waals surface area contributed by atoms with E-state index >= 15 is 0 Å². The number of methoxy groups -OCH3 is 2. The van der Waals surface area contributed by atoms with Crippen LogP contribution in [0.4, 0.5) is 11.4 Å². The zero-order valence-electron chi connectivity index (χ0n) is 20.2. The number of anilines is 2. The highest BCUT2D eigenvalue weighted by atomic mass is 32.2. The summed E-state index contributed by atoms with van der Waals surface area (Å²) in [7, 11) is -1.95. The Morgan fingerprint density at radius 3 is 2.22 bits per heavy atom. The van der Waals surface area contributed by atoms with Gasteiger partial charge in [0.2, 0.25) is 5.91 Å². The Balaban J connectivity index is 1.99. The first-order valence-corrected chi connectivity index (χ1v) is 12.0. The lowest BCUT2D eigenvalue weighted by Crippen LogP contribution is -2.35. The molecule has 1 aromatic heterocycles. The van der Waals surface area contributed by atoms with Gasteiger partial charge in [0.15, 0.2) is 0 Å². The van der Waals surface area contributed by atoms with Crippen LogP contribution in [0.5, 0.6) is 0 Å². The number of aryl methyl sites for hydroxylation is 1. The van der Waals surface area contributed by atoms with Gasteiger partial charge in [-0.05, 0) is 49.4 Å². The zero-order valence-corrected chi connectivity index (χ0v) is 21.0. The standard InChI is InChI=1S/C23H23N5O8S/c1-13-24-19-10-7-16(26-20(23(32)36-4)12-21(30)35-3)11-18(19)22(31)28(13)27-37(33,34)17-8-5-15(6-9-17)25-14(2)29/h5-12,26-27H,1-4H3,(H,25,29)/b20-12+. The summed E-state index contributed by atoms with van der Waals surface area (Å²) in [4.78, 5) is 54.4. The Kier molecular flexibility index (Phi) is 7.92. The molecule has 0 fully saturated rings. The van der Waals surface area contributed by atoms with Crippen LogP contribution >= 0.6 is 0 Å². The molecule has 3 N–H and O–H groups in total. The summed E-state index contributed by atoms with van der Waals surface area (Å²) in [5.74, 6) is -1.92. The maximum absolute atomic E-state index is 13.2. The normalized spacial score (nSPS) is 11.5. The van der Waals surface area contributed by atoms with E-state index in [0.717, 1.165) is 25.0 Å². The fourth-order valence-electron chi connectivity index (χ4n) is 3.16. The SMILES string of the molecule is COC(=O)/C=C(/Nc1ccc2nc(C)n(NS(=O)(=O)c3ccc(NC(C)=O)cc3)c(=O)c2c1)C(=O)OC. The third-order valence-corrected chi connectivity index (χ3v) is 6.20. The van der Waals surface area contributed by atoms with Gasteiger partial charge < -0.3 is 20.1 Å². The van der Waals surface area contributed by atoms with Gasteiger partial charge in [-0.2, -0.15) is 13.1 Å². The van der Waals surface area contributed by atoms with Crippen molar-refractivity contribution in [3.63, 3.8) is 0 Å². The van der Waals surface area contributed by atoms with Gasteiger partial charge in [0, 0.05) is 18.3 Å². The van der Waals surface area contributed by atoms with Crippen LogP contribution in [0.2, 0.25) is 0 Å². The molecule has 0 bridgehead atoms. The van der Waals surface area contributed by atoms with E-state index in [1.54, 1.807) is 0 Å². The van der Waals surface area contributed by atoms with Crippen LogP contribution in [0.1, 0.15) is 12.7 Å². The molecule has 0 aliphatic rings. The third-order valence-electron chi connectivity index (χ3n) is 4.88. The Hall–Kier alpha value is -4.72. The summed E-state index contributed by atoms with van der Waals surface area (Å²) in [5.41, 5.74) is -0.100. The highest BCUT2D eigenvalue weighted by Gasteiger charge is 2.19.